The number of amides is 1. The molecule has 4 rings (SSSR count). The van der Waals surface area contributed by atoms with E-state index in [4.69, 9.17) is 0 Å². The largest absolute Gasteiger partial charge is 0.391 e. The van der Waals surface area contributed by atoms with Crippen LogP contribution in [0, 0.1) is 19.8 Å². The van der Waals surface area contributed by atoms with Gasteiger partial charge >= 0.3 is 0 Å². The number of H-pyrrole nitrogens is 2. The van der Waals surface area contributed by atoms with Gasteiger partial charge in [-0.15, -0.1) is 0 Å². The van der Waals surface area contributed by atoms with Gasteiger partial charge in [-0.25, -0.2) is 9.50 Å². The fourth-order valence-electron chi connectivity index (χ4n) is 3.47. The molecule has 2 atom stereocenters. The molecule has 0 saturated carbocycles. The molecule has 0 radical (unpaired) electrons. The summed E-state index contributed by atoms with van der Waals surface area (Å²) in [5, 5.41) is 20.3. The molecule has 1 aliphatic heterocycles. The second-order valence-corrected chi connectivity index (χ2v) is 6.89. The Bertz CT molecular complexity index is 1030. The number of β-amino-alcohol motifs (C(OH)–C–C–N with tert-alkyl or cyclic N) is 1. The van der Waals surface area contributed by atoms with Gasteiger partial charge in [0.1, 0.15) is 5.56 Å². The molecule has 1 aliphatic rings. The summed E-state index contributed by atoms with van der Waals surface area (Å²) in [6.07, 6.45) is 1.23. The van der Waals surface area contributed by atoms with E-state index in [0.29, 0.717) is 18.6 Å². The maximum Gasteiger partial charge on any atom is 0.285 e. The van der Waals surface area contributed by atoms with Gasteiger partial charge in [0.2, 0.25) is 0 Å². The van der Waals surface area contributed by atoms with Crippen molar-refractivity contribution in [2.45, 2.75) is 26.4 Å². The van der Waals surface area contributed by atoms with Crippen molar-refractivity contribution in [3.05, 3.63) is 51.3 Å². The number of likely N-dealkylation sites (tertiary alicyclic amines) is 1. The van der Waals surface area contributed by atoms with Crippen LogP contribution in [0.5, 0.6) is 0 Å². The number of rotatable bonds is 3. The van der Waals surface area contributed by atoms with Crippen molar-refractivity contribution >= 4 is 11.6 Å². The number of carbonyl (C=O) groups excluding carboxylic acids is 1. The maximum absolute atomic E-state index is 12.8. The Labute approximate surface area is 148 Å². The average molecular weight is 356 g/mol. The van der Waals surface area contributed by atoms with E-state index in [1.165, 1.54) is 15.6 Å². The molecule has 3 aromatic heterocycles. The van der Waals surface area contributed by atoms with Crippen LogP contribution in [0.2, 0.25) is 0 Å². The number of hydrogen-bond donors (Lipinski definition) is 3. The SMILES string of the molecule is Cc1cc(C[C@@H]2CN(C(=O)c3cnc4cc(C)[nH]n4c3=O)C[C@H]2O)n[nH]1. The molecule has 26 heavy (non-hydrogen) atoms. The first kappa shape index (κ1) is 16.5. The zero-order chi connectivity index (χ0) is 18.4. The molecule has 0 aromatic carbocycles. The molecular formula is C17H20N6O3. The number of nitrogens with zero attached hydrogens (tertiary/aromatic N) is 4. The molecule has 1 fully saturated rings. The van der Waals surface area contributed by atoms with Gasteiger partial charge in [0.25, 0.3) is 11.5 Å². The topological polar surface area (TPSA) is 119 Å². The van der Waals surface area contributed by atoms with Crippen molar-refractivity contribution in [1.29, 1.82) is 0 Å². The van der Waals surface area contributed by atoms with Crippen LogP contribution in [0.1, 0.15) is 27.4 Å². The predicted molar refractivity (Wildman–Crippen MR) is 93.0 cm³/mol. The molecule has 3 aromatic rings. The Kier molecular flexibility index (Phi) is 3.87. The quantitative estimate of drug-likeness (QED) is 0.612. The van der Waals surface area contributed by atoms with E-state index in [0.717, 1.165) is 17.1 Å². The van der Waals surface area contributed by atoms with Crippen molar-refractivity contribution in [2.75, 3.05) is 13.1 Å². The Hall–Kier alpha value is -2.94. The summed E-state index contributed by atoms with van der Waals surface area (Å²) in [7, 11) is 0. The minimum atomic E-state index is -0.650. The van der Waals surface area contributed by atoms with Crippen LogP contribution in [0.25, 0.3) is 5.65 Å². The number of hydrogen-bond acceptors (Lipinski definition) is 5. The summed E-state index contributed by atoms with van der Waals surface area (Å²) in [6.45, 7) is 4.29. The first-order valence-electron chi connectivity index (χ1n) is 8.48. The standard InChI is InChI=1S/C17H20N6O3/c1-9-3-12(20-19-9)5-11-7-22(8-14(11)24)16(25)13-6-18-15-4-10(2)21-23(15)17(13)26/h3-4,6,11,14,21,24H,5,7-8H2,1-2H3,(H,19,20)/t11-,14-/m1/s1. The van der Waals surface area contributed by atoms with Crippen LogP contribution in [0.15, 0.2) is 23.1 Å². The predicted octanol–water partition coefficient (Wildman–Crippen LogP) is 0.0381. The molecule has 136 valence electrons. The molecule has 0 unspecified atom stereocenters. The van der Waals surface area contributed by atoms with Crippen LogP contribution < -0.4 is 5.56 Å². The lowest BCUT2D eigenvalue weighted by atomic mass is 10.0. The third-order valence-electron chi connectivity index (χ3n) is 4.78. The molecule has 3 N–H and O–H groups in total. The fraction of sp³-hybridized carbons (Fsp3) is 0.412. The molecule has 0 spiro atoms. The van der Waals surface area contributed by atoms with Crippen LogP contribution in [0.3, 0.4) is 0 Å². The van der Waals surface area contributed by atoms with E-state index in [1.807, 2.05) is 19.9 Å². The van der Waals surface area contributed by atoms with Gasteiger partial charge < -0.3 is 10.0 Å². The minimum absolute atomic E-state index is 0.00665. The number of fused-ring (bicyclic) bond motifs is 1. The summed E-state index contributed by atoms with van der Waals surface area (Å²) in [5.41, 5.74) is 2.61. The Morgan fingerprint density at radius 3 is 2.85 bits per heavy atom. The van der Waals surface area contributed by atoms with Gasteiger partial charge in [0.05, 0.1) is 11.8 Å². The third-order valence-corrected chi connectivity index (χ3v) is 4.78. The van der Waals surface area contributed by atoms with Crippen molar-refractivity contribution in [3.8, 4) is 0 Å². The van der Waals surface area contributed by atoms with Crippen LogP contribution in [-0.4, -0.2) is 59.9 Å². The van der Waals surface area contributed by atoms with E-state index in [-0.39, 0.29) is 18.0 Å². The number of aromatic amines is 2. The Morgan fingerprint density at radius 1 is 1.31 bits per heavy atom. The van der Waals surface area contributed by atoms with Crippen LogP contribution >= 0.6 is 0 Å². The second-order valence-electron chi connectivity index (χ2n) is 6.89. The molecular weight excluding hydrogens is 336 g/mol. The first-order valence-corrected chi connectivity index (χ1v) is 8.48. The summed E-state index contributed by atoms with van der Waals surface area (Å²) in [5.74, 6) is -0.530. The molecule has 1 amide bonds. The Balaban J connectivity index is 1.55. The summed E-state index contributed by atoms with van der Waals surface area (Å²) < 4.78 is 1.26. The van der Waals surface area contributed by atoms with Crippen LogP contribution in [0.4, 0.5) is 0 Å². The number of nitrogens with one attached hydrogen (secondary N) is 2. The number of aryl methyl sites for hydroxylation is 2. The van der Waals surface area contributed by atoms with Crippen LogP contribution in [-0.2, 0) is 6.42 Å². The van der Waals surface area contributed by atoms with Crippen molar-refractivity contribution < 1.29 is 9.90 Å². The molecule has 9 heteroatoms. The highest BCUT2D eigenvalue weighted by molar-refractivity contribution is 5.94. The molecule has 0 bridgehead atoms. The Morgan fingerprint density at radius 2 is 2.12 bits per heavy atom. The summed E-state index contributed by atoms with van der Waals surface area (Å²) >= 11 is 0. The number of aliphatic hydroxyl groups is 1. The lowest BCUT2D eigenvalue weighted by molar-refractivity contribution is 0.0762. The lowest BCUT2D eigenvalue weighted by Crippen LogP contribution is -2.35. The molecule has 1 saturated heterocycles. The van der Waals surface area contributed by atoms with Gasteiger partial charge in [-0.2, -0.15) is 5.10 Å². The van der Waals surface area contributed by atoms with Gasteiger partial charge in [-0.05, 0) is 26.3 Å². The van der Waals surface area contributed by atoms with Crippen molar-refractivity contribution in [2.24, 2.45) is 5.92 Å². The van der Waals surface area contributed by atoms with E-state index in [1.54, 1.807) is 6.07 Å². The molecule has 4 heterocycles. The maximum atomic E-state index is 12.8. The molecule has 9 nitrogen and oxygen atoms in total. The minimum Gasteiger partial charge on any atom is -0.391 e. The highest BCUT2D eigenvalue weighted by Crippen LogP contribution is 2.22. The van der Waals surface area contributed by atoms with E-state index < -0.39 is 17.6 Å². The van der Waals surface area contributed by atoms with Gasteiger partial charge in [-0.3, -0.25) is 19.8 Å². The highest BCUT2D eigenvalue weighted by atomic mass is 16.3. The van der Waals surface area contributed by atoms with E-state index in [2.05, 4.69) is 20.3 Å². The second kappa shape index (κ2) is 6.10. The lowest BCUT2D eigenvalue weighted by Gasteiger charge is -2.15. The number of aliphatic hydroxyl groups excluding tert-OH is 1. The zero-order valence-electron chi connectivity index (χ0n) is 14.6. The van der Waals surface area contributed by atoms with Gasteiger partial charge in [0.15, 0.2) is 5.65 Å². The monoisotopic (exact) mass is 356 g/mol. The number of aromatic nitrogens is 5. The van der Waals surface area contributed by atoms with E-state index >= 15 is 0 Å². The average Bonchev–Trinajstić information content (AvgIpc) is 3.27. The van der Waals surface area contributed by atoms with E-state index in [9.17, 15) is 14.7 Å². The van der Waals surface area contributed by atoms with Gasteiger partial charge in [-0.1, -0.05) is 0 Å². The summed E-state index contributed by atoms with van der Waals surface area (Å²) in [4.78, 5) is 31.0. The first-order chi connectivity index (χ1) is 12.4. The molecule has 0 aliphatic carbocycles. The smallest absolute Gasteiger partial charge is 0.285 e. The zero-order valence-corrected chi connectivity index (χ0v) is 14.6. The van der Waals surface area contributed by atoms with Crippen molar-refractivity contribution in [3.63, 3.8) is 0 Å². The highest BCUT2D eigenvalue weighted by Gasteiger charge is 2.35. The normalized spacial score (nSPS) is 20.2. The summed E-state index contributed by atoms with van der Waals surface area (Å²) in [6, 6.07) is 3.66. The fourth-order valence-corrected chi connectivity index (χ4v) is 3.47. The van der Waals surface area contributed by atoms with Crippen molar-refractivity contribution in [1.82, 2.24) is 29.7 Å². The van der Waals surface area contributed by atoms with Gasteiger partial charge in [0, 0.05) is 42.7 Å². The number of carbonyl (C=O) groups is 1. The third kappa shape index (κ3) is 2.80.